The van der Waals surface area contributed by atoms with Gasteiger partial charge in [0.05, 0.1) is 42.2 Å². The topological polar surface area (TPSA) is 96.7 Å². The molecule has 30 heavy (non-hydrogen) atoms. The van der Waals surface area contributed by atoms with Gasteiger partial charge in [-0.3, -0.25) is 14.9 Å². The minimum Gasteiger partial charge on any atom is -0.378 e. The second-order valence-electron chi connectivity index (χ2n) is 8.03. The van der Waals surface area contributed by atoms with Crippen LogP contribution in [-0.4, -0.2) is 50.2 Å². The fraction of sp³-hybridized carbons (Fsp3) is 0.600. The summed E-state index contributed by atoms with van der Waals surface area (Å²) < 4.78 is 44.8. The van der Waals surface area contributed by atoms with Crippen molar-refractivity contribution in [1.82, 2.24) is 5.32 Å². The highest BCUT2D eigenvalue weighted by Crippen LogP contribution is 2.35. The van der Waals surface area contributed by atoms with Crippen molar-refractivity contribution in [2.24, 2.45) is 11.7 Å². The molecule has 0 bridgehead atoms. The van der Waals surface area contributed by atoms with Crippen molar-refractivity contribution >= 4 is 23.2 Å². The molecule has 0 spiro atoms. The van der Waals surface area contributed by atoms with Crippen molar-refractivity contribution in [2.75, 3.05) is 43.1 Å². The van der Waals surface area contributed by atoms with E-state index in [1.807, 2.05) is 18.7 Å². The molecule has 1 saturated heterocycles. The summed E-state index contributed by atoms with van der Waals surface area (Å²) in [5.41, 5.74) is 4.05. The van der Waals surface area contributed by atoms with Crippen LogP contribution < -0.4 is 21.3 Å². The van der Waals surface area contributed by atoms with Crippen LogP contribution in [0.15, 0.2) is 18.2 Å². The van der Waals surface area contributed by atoms with Gasteiger partial charge in [-0.25, -0.2) is 0 Å². The van der Waals surface area contributed by atoms with Crippen molar-refractivity contribution in [1.29, 1.82) is 0 Å². The molecule has 4 N–H and O–H groups in total. The van der Waals surface area contributed by atoms with E-state index in [-0.39, 0.29) is 18.2 Å². The lowest BCUT2D eigenvalue weighted by Crippen LogP contribution is -2.55. The number of nitrogens with two attached hydrogens (primary N) is 1. The van der Waals surface area contributed by atoms with E-state index >= 15 is 0 Å². The molecule has 1 aliphatic heterocycles. The van der Waals surface area contributed by atoms with Gasteiger partial charge in [-0.2, -0.15) is 13.2 Å². The maximum absolute atomic E-state index is 13.2. The van der Waals surface area contributed by atoms with Crippen LogP contribution in [0.5, 0.6) is 0 Å². The highest BCUT2D eigenvalue weighted by Gasteiger charge is 2.33. The maximum atomic E-state index is 13.2. The van der Waals surface area contributed by atoms with Crippen LogP contribution >= 0.6 is 0 Å². The highest BCUT2D eigenvalue weighted by molar-refractivity contribution is 5.96. The average Bonchev–Trinajstić information content (AvgIpc) is 2.66. The molecule has 10 heteroatoms. The first kappa shape index (κ1) is 23.9. The lowest BCUT2D eigenvalue weighted by molar-refractivity contribution is -0.137. The molecular formula is C20H29F3N4O3. The van der Waals surface area contributed by atoms with Gasteiger partial charge in [0, 0.05) is 13.1 Å². The second-order valence-corrected chi connectivity index (χ2v) is 8.03. The molecule has 2 rings (SSSR count). The van der Waals surface area contributed by atoms with Crippen molar-refractivity contribution in [2.45, 2.75) is 38.9 Å². The van der Waals surface area contributed by atoms with Gasteiger partial charge in [-0.05, 0) is 37.5 Å². The summed E-state index contributed by atoms with van der Waals surface area (Å²) in [5, 5.41) is 5.40. The normalized spacial score (nSPS) is 17.0. The average molecular weight is 430 g/mol. The van der Waals surface area contributed by atoms with Crippen LogP contribution in [0.1, 0.15) is 32.8 Å². The molecule has 0 saturated carbocycles. The van der Waals surface area contributed by atoms with E-state index < -0.39 is 29.1 Å². The molecule has 1 aromatic carbocycles. The molecule has 2 amide bonds. The van der Waals surface area contributed by atoms with Crippen molar-refractivity contribution in [3.8, 4) is 0 Å². The lowest BCUT2D eigenvalue weighted by Gasteiger charge is -2.31. The van der Waals surface area contributed by atoms with Crippen LogP contribution in [0.4, 0.5) is 24.5 Å². The van der Waals surface area contributed by atoms with E-state index in [0.717, 1.165) is 12.1 Å². The Morgan fingerprint density at radius 3 is 2.40 bits per heavy atom. The number of hydrogen-bond donors (Lipinski definition) is 3. The largest absolute Gasteiger partial charge is 0.416 e. The van der Waals surface area contributed by atoms with E-state index in [9.17, 15) is 22.8 Å². The standard InChI is InChI=1S/C20H29F3N4O3/c1-13(2)11-19(3,18(24)29)25-12-17(28)26-15-10-14(20(21,22)23)4-5-16(15)27-6-8-30-9-7-27/h4-5,10,13,25H,6-9,11-12H2,1-3H3,(H2,24,29)(H,26,28). The lowest BCUT2D eigenvalue weighted by atomic mass is 9.90. The van der Waals surface area contributed by atoms with Crippen LogP contribution in [0, 0.1) is 5.92 Å². The SMILES string of the molecule is CC(C)CC(C)(NCC(=O)Nc1cc(C(F)(F)F)ccc1N1CCOCC1)C(N)=O. The van der Waals surface area contributed by atoms with Gasteiger partial charge in [0.1, 0.15) is 0 Å². The molecule has 7 nitrogen and oxygen atoms in total. The number of rotatable bonds is 8. The molecule has 0 aromatic heterocycles. The number of carbonyl (C=O) groups is 2. The summed E-state index contributed by atoms with van der Waals surface area (Å²) in [5.74, 6) is -1.02. The van der Waals surface area contributed by atoms with Gasteiger partial charge >= 0.3 is 6.18 Å². The fourth-order valence-electron chi connectivity index (χ4n) is 3.44. The molecule has 1 aromatic rings. The first-order chi connectivity index (χ1) is 13.9. The first-order valence-electron chi connectivity index (χ1n) is 9.81. The Hall–Kier alpha value is -2.33. The van der Waals surface area contributed by atoms with Crippen LogP contribution in [0.2, 0.25) is 0 Å². The zero-order valence-corrected chi connectivity index (χ0v) is 17.4. The van der Waals surface area contributed by atoms with E-state index in [1.165, 1.54) is 6.07 Å². The van der Waals surface area contributed by atoms with Crippen LogP contribution in [0.25, 0.3) is 0 Å². The summed E-state index contributed by atoms with van der Waals surface area (Å²) in [6.07, 6.45) is -4.12. The highest BCUT2D eigenvalue weighted by atomic mass is 19.4. The maximum Gasteiger partial charge on any atom is 0.416 e. The monoisotopic (exact) mass is 430 g/mol. The van der Waals surface area contributed by atoms with Crippen molar-refractivity contribution in [3.05, 3.63) is 23.8 Å². The minimum absolute atomic E-state index is 0.0585. The molecule has 0 aliphatic carbocycles. The molecule has 1 heterocycles. The zero-order valence-electron chi connectivity index (χ0n) is 17.4. The number of amides is 2. The summed E-state index contributed by atoms with van der Waals surface area (Å²) in [6, 6.07) is 3.26. The van der Waals surface area contributed by atoms with Crippen molar-refractivity contribution in [3.63, 3.8) is 0 Å². The number of ether oxygens (including phenoxy) is 1. The zero-order chi connectivity index (χ0) is 22.5. The number of halogens is 3. The Labute approximate surface area is 174 Å². The Bertz CT molecular complexity index is 764. The Morgan fingerprint density at radius 2 is 1.87 bits per heavy atom. The summed E-state index contributed by atoms with van der Waals surface area (Å²) in [4.78, 5) is 26.2. The Morgan fingerprint density at radius 1 is 1.23 bits per heavy atom. The van der Waals surface area contributed by atoms with Crippen molar-refractivity contribution < 1.29 is 27.5 Å². The first-order valence-corrected chi connectivity index (χ1v) is 9.81. The van der Waals surface area contributed by atoms with Gasteiger partial charge in [0.25, 0.3) is 0 Å². The molecule has 1 atom stereocenters. The number of anilines is 2. The number of alkyl halides is 3. The van der Waals surface area contributed by atoms with E-state index in [2.05, 4.69) is 10.6 Å². The summed E-state index contributed by atoms with van der Waals surface area (Å²) >= 11 is 0. The summed E-state index contributed by atoms with van der Waals surface area (Å²) in [7, 11) is 0. The molecule has 1 aliphatic rings. The smallest absolute Gasteiger partial charge is 0.378 e. The number of hydrogen-bond acceptors (Lipinski definition) is 5. The number of morpholine rings is 1. The van der Waals surface area contributed by atoms with E-state index in [0.29, 0.717) is 38.4 Å². The molecular weight excluding hydrogens is 401 g/mol. The number of nitrogens with one attached hydrogen (secondary N) is 2. The van der Waals surface area contributed by atoms with E-state index in [4.69, 9.17) is 10.5 Å². The molecule has 168 valence electrons. The second kappa shape index (κ2) is 9.65. The third-order valence-corrected chi connectivity index (χ3v) is 4.95. The third kappa shape index (κ3) is 6.33. The van der Waals surface area contributed by atoms with Gasteiger partial charge < -0.3 is 20.7 Å². The summed E-state index contributed by atoms with van der Waals surface area (Å²) in [6.45, 7) is 7.06. The van der Waals surface area contributed by atoms with Gasteiger partial charge in [-0.15, -0.1) is 0 Å². The predicted octanol–water partition coefficient (Wildman–Crippen LogP) is 2.36. The van der Waals surface area contributed by atoms with Crippen LogP contribution in [-0.2, 0) is 20.5 Å². The predicted molar refractivity (Wildman–Crippen MR) is 108 cm³/mol. The third-order valence-electron chi connectivity index (χ3n) is 4.95. The van der Waals surface area contributed by atoms with Gasteiger partial charge in [0.2, 0.25) is 11.8 Å². The van der Waals surface area contributed by atoms with Gasteiger partial charge in [-0.1, -0.05) is 13.8 Å². The number of benzene rings is 1. The quantitative estimate of drug-likeness (QED) is 0.588. The van der Waals surface area contributed by atoms with Gasteiger partial charge in [0.15, 0.2) is 0 Å². The Kier molecular flexibility index (Phi) is 7.70. The molecule has 1 fully saturated rings. The Balaban J connectivity index is 2.19. The fourth-order valence-corrected chi connectivity index (χ4v) is 3.44. The molecule has 0 radical (unpaired) electrons. The van der Waals surface area contributed by atoms with E-state index in [1.54, 1.807) is 6.92 Å². The number of carbonyl (C=O) groups excluding carboxylic acids is 2. The number of nitrogens with zero attached hydrogens (tertiary/aromatic N) is 1. The number of primary amides is 1. The molecule has 1 unspecified atom stereocenters. The minimum atomic E-state index is -4.54. The van der Waals surface area contributed by atoms with Crippen LogP contribution in [0.3, 0.4) is 0 Å².